The SMILES string of the molecule is Cc1cc(C(=O)N2CCCNCC2)cc(C)c1OC(F)F. The van der Waals surface area contributed by atoms with E-state index in [1.807, 2.05) is 0 Å². The van der Waals surface area contributed by atoms with Crippen molar-refractivity contribution in [2.45, 2.75) is 26.9 Å². The van der Waals surface area contributed by atoms with Crippen LogP contribution in [0.2, 0.25) is 0 Å². The summed E-state index contributed by atoms with van der Waals surface area (Å²) in [6.45, 7) is 3.53. The molecule has 1 amide bonds. The molecule has 2 rings (SSSR count). The molecule has 0 aromatic heterocycles. The molecule has 1 N–H and O–H groups in total. The highest BCUT2D eigenvalue weighted by Gasteiger charge is 2.20. The summed E-state index contributed by atoms with van der Waals surface area (Å²) in [6, 6.07) is 3.23. The number of carbonyl (C=O) groups excluding carboxylic acids is 1. The van der Waals surface area contributed by atoms with Gasteiger partial charge in [-0.05, 0) is 50.1 Å². The molecule has 4 nitrogen and oxygen atoms in total. The number of hydrogen-bond acceptors (Lipinski definition) is 3. The van der Waals surface area contributed by atoms with Gasteiger partial charge in [0.15, 0.2) is 0 Å². The standard InChI is InChI=1S/C15H20F2N2O2/c1-10-8-12(9-11(2)13(10)21-15(16)17)14(20)19-6-3-4-18-5-7-19/h8-9,15,18H,3-7H2,1-2H3. The molecule has 1 aromatic carbocycles. The Kier molecular flexibility index (Phi) is 5.12. The highest BCUT2D eigenvalue weighted by molar-refractivity contribution is 5.95. The number of rotatable bonds is 3. The fourth-order valence-corrected chi connectivity index (χ4v) is 2.58. The summed E-state index contributed by atoms with van der Waals surface area (Å²) in [5.74, 6) is 0.0904. The van der Waals surface area contributed by atoms with Crippen LogP contribution in [-0.2, 0) is 0 Å². The van der Waals surface area contributed by atoms with Crippen molar-refractivity contribution in [1.29, 1.82) is 0 Å². The summed E-state index contributed by atoms with van der Waals surface area (Å²) in [5, 5.41) is 3.24. The number of amides is 1. The second kappa shape index (κ2) is 6.85. The third-order valence-electron chi connectivity index (χ3n) is 3.54. The van der Waals surface area contributed by atoms with Crippen molar-refractivity contribution in [3.63, 3.8) is 0 Å². The molecule has 1 heterocycles. The summed E-state index contributed by atoms with van der Waals surface area (Å²) in [6.07, 6.45) is 0.913. The van der Waals surface area contributed by atoms with Gasteiger partial charge in [-0.3, -0.25) is 4.79 Å². The molecule has 21 heavy (non-hydrogen) atoms. The maximum absolute atomic E-state index is 12.5. The van der Waals surface area contributed by atoms with Gasteiger partial charge in [0.05, 0.1) is 0 Å². The van der Waals surface area contributed by atoms with Crippen molar-refractivity contribution in [3.05, 3.63) is 28.8 Å². The first-order chi connectivity index (χ1) is 9.99. The second-order valence-electron chi connectivity index (χ2n) is 5.21. The number of halogens is 2. The second-order valence-corrected chi connectivity index (χ2v) is 5.21. The van der Waals surface area contributed by atoms with E-state index in [0.717, 1.165) is 19.5 Å². The molecule has 6 heteroatoms. The first-order valence-corrected chi connectivity index (χ1v) is 7.05. The Balaban J connectivity index is 2.21. The van der Waals surface area contributed by atoms with Crippen molar-refractivity contribution in [2.24, 2.45) is 0 Å². The number of ether oxygens (including phenoxy) is 1. The molecular formula is C15H20F2N2O2. The maximum Gasteiger partial charge on any atom is 0.387 e. The summed E-state index contributed by atoms with van der Waals surface area (Å²) >= 11 is 0. The van der Waals surface area contributed by atoms with Crippen LogP contribution in [0.5, 0.6) is 5.75 Å². The van der Waals surface area contributed by atoms with E-state index in [9.17, 15) is 13.6 Å². The minimum absolute atomic E-state index is 0.0616. The molecule has 0 radical (unpaired) electrons. The Morgan fingerprint density at radius 3 is 2.52 bits per heavy atom. The van der Waals surface area contributed by atoms with E-state index in [4.69, 9.17) is 0 Å². The first kappa shape index (κ1) is 15.7. The molecule has 1 aliphatic rings. The maximum atomic E-state index is 12.5. The van der Waals surface area contributed by atoms with Crippen molar-refractivity contribution in [3.8, 4) is 5.75 Å². The Bertz CT molecular complexity index is 489. The lowest BCUT2D eigenvalue weighted by molar-refractivity contribution is -0.0507. The fourth-order valence-electron chi connectivity index (χ4n) is 2.58. The largest absolute Gasteiger partial charge is 0.434 e. The van der Waals surface area contributed by atoms with Crippen LogP contribution >= 0.6 is 0 Å². The number of nitrogens with one attached hydrogen (secondary N) is 1. The van der Waals surface area contributed by atoms with E-state index < -0.39 is 6.61 Å². The topological polar surface area (TPSA) is 41.6 Å². The molecule has 116 valence electrons. The van der Waals surface area contributed by atoms with E-state index in [1.54, 1.807) is 30.9 Å². The molecule has 0 spiro atoms. The minimum atomic E-state index is -2.86. The molecule has 0 bridgehead atoms. The van der Waals surface area contributed by atoms with Gasteiger partial charge in [-0.2, -0.15) is 8.78 Å². The molecule has 0 atom stereocenters. The van der Waals surface area contributed by atoms with Gasteiger partial charge < -0.3 is 15.0 Å². The van der Waals surface area contributed by atoms with Gasteiger partial charge >= 0.3 is 6.61 Å². The van der Waals surface area contributed by atoms with Gasteiger partial charge in [0.1, 0.15) is 5.75 Å². The summed E-state index contributed by atoms with van der Waals surface area (Å²) in [7, 11) is 0. The average Bonchev–Trinajstić information content (AvgIpc) is 2.70. The van der Waals surface area contributed by atoms with Crippen LogP contribution in [0.3, 0.4) is 0 Å². The van der Waals surface area contributed by atoms with Gasteiger partial charge in [-0.1, -0.05) is 0 Å². The molecule has 1 aliphatic heterocycles. The normalized spacial score (nSPS) is 16.0. The highest BCUT2D eigenvalue weighted by Crippen LogP contribution is 2.27. The van der Waals surface area contributed by atoms with Crippen LogP contribution in [0.15, 0.2) is 12.1 Å². The number of benzene rings is 1. The van der Waals surface area contributed by atoms with E-state index in [1.165, 1.54) is 0 Å². The lowest BCUT2D eigenvalue weighted by Crippen LogP contribution is -2.34. The molecular weight excluding hydrogens is 278 g/mol. The smallest absolute Gasteiger partial charge is 0.387 e. The summed E-state index contributed by atoms with van der Waals surface area (Å²) in [5.41, 5.74) is 1.62. The summed E-state index contributed by atoms with van der Waals surface area (Å²) in [4.78, 5) is 14.3. The zero-order chi connectivity index (χ0) is 15.4. The Hall–Kier alpha value is -1.69. The first-order valence-electron chi connectivity index (χ1n) is 7.05. The van der Waals surface area contributed by atoms with Gasteiger partial charge in [0, 0.05) is 25.2 Å². The zero-order valence-electron chi connectivity index (χ0n) is 12.3. The molecule has 0 unspecified atom stereocenters. The van der Waals surface area contributed by atoms with Crippen LogP contribution < -0.4 is 10.1 Å². The van der Waals surface area contributed by atoms with Gasteiger partial charge in [-0.25, -0.2) is 0 Å². The van der Waals surface area contributed by atoms with Crippen LogP contribution in [-0.4, -0.2) is 43.6 Å². The van der Waals surface area contributed by atoms with Crippen LogP contribution in [0.25, 0.3) is 0 Å². The quantitative estimate of drug-likeness (QED) is 0.931. The minimum Gasteiger partial charge on any atom is -0.434 e. The fraction of sp³-hybridized carbons (Fsp3) is 0.533. The molecule has 0 aliphatic carbocycles. The number of alkyl halides is 2. The summed E-state index contributed by atoms with van der Waals surface area (Å²) < 4.78 is 29.3. The third kappa shape index (κ3) is 3.91. The van der Waals surface area contributed by atoms with Crippen molar-refractivity contribution >= 4 is 5.91 Å². The predicted octanol–water partition coefficient (Wildman–Crippen LogP) is 2.34. The van der Waals surface area contributed by atoms with E-state index >= 15 is 0 Å². The Morgan fingerprint density at radius 2 is 1.90 bits per heavy atom. The number of hydrogen-bond donors (Lipinski definition) is 1. The van der Waals surface area contributed by atoms with Crippen molar-refractivity contribution < 1.29 is 18.3 Å². The average molecular weight is 298 g/mol. The number of carbonyl (C=O) groups is 1. The number of nitrogens with zero attached hydrogens (tertiary/aromatic N) is 1. The zero-order valence-corrected chi connectivity index (χ0v) is 12.3. The third-order valence-corrected chi connectivity index (χ3v) is 3.54. The predicted molar refractivity (Wildman–Crippen MR) is 75.9 cm³/mol. The van der Waals surface area contributed by atoms with Gasteiger partial charge in [-0.15, -0.1) is 0 Å². The molecule has 1 saturated heterocycles. The van der Waals surface area contributed by atoms with E-state index in [2.05, 4.69) is 10.1 Å². The highest BCUT2D eigenvalue weighted by atomic mass is 19.3. The molecule has 1 fully saturated rings. The molecule has 0 saturated carbocycles. The van der Waals surface area contributed by atoms with Crippen molar-refractivity contribution in [2.75, 3.05) is 26.2 Å². The van der Waals surface area contributed by atoms with E-state index in [0.29, 0.717) is 29.8 Å². The van der Waals surface area contributed by atoms with E-state index in [-0.39, 0.29) is 11.7 Å². The van der Waals surface area contributed by atoms with Crippen LogP contribution in [0.4, 0.5) is 8.78 Å². The van der Waals surface area contributed by atoms with Crippen LogP contribution in [0, 0.1) is 13.8 Å². The number of aryl methyl sites for hydroxylation is 2. The molecule has 1 aromatic rings. The van der Waals surface area contributed by atoms with Gasteiger partial charge in [0.25, 0.3) is 5.91 Å². The lowest BCUT2D eigenvalue weighted by Gasteiger charge is -2.21. The van der Waals surface area contributed by atoms with Crippen LogP contribution in [0.1, 0.15) is 27.9 Å². The lowest BCUT2D eigenvalue weighted by atomic mass is 10.0. The van der Waals surface area contributed by atoms with Gasteiger partial charge in [0.2, 0.25) is 0 Å². The monoisotopic (exact) mass is 298 g/mol. The Morgan fingerprint density at radius 1 is 1.24 bits per heavy atom. The van der Waals surface area contributed by atoms with Crippen molar-refractivity contribution in [1.82, 2.24) is 10.2 Å². The Labute approximate surface area is 123 Å².